The molecule has 3 aromatic rings. The molecular weight excluding hydrogens is 341 g/mol. The van der Waals surface area contributed by atoms with Gasteiger partial charge < -0.3 is 4.90 Å². The van der Waals surface area contributed by atoms with E-state index in [1.54, 1.807) is 24.7 Å². The molecule has 27 heavy (non-hydrogen) atoms. The fourth-order valence-electron chi connectivity index (χ4n) is 3.17. The molecule has 0 saturated heterocycles. The molecule has 0 bridgehead atoms. The van der Waals surface area contributed by atoms with Crippen molar-refractivity contribution in [3.63, 3.8) is 0 Å². The molecule has 1 aliphatic heterocycles. The van der Waals surface area contributed by atoms with Crippen molar-refractivity contribution in [2.75, 3.05) is 6.54 Å². The van der Waals surface area contributed by atoms with Crippen LogP contribution in [0.5, 0.6) is 0 Å². The first kappa shape index (κ1) is 17.0. The third-order valence-electron chi connectivity index (χ3n) is 4.39. The third kappa shape index (κ3) is 3.74. The molecule has 0 spiro atoms. The second-order valence-electron chi connectivity index (χ2n) is 6.33. The van der Waals surface area contributed by atoms with Crippen molar-refractivity contribution in [3.05, 3.63) is 90.2 Å². The molecule has 0 aromatic carbocycles. The number of hydrogen-bond acceptors (Lipinski definition) is 5. The monoisotopic (exact) mass is 359 g/mol. The van der Waals surface area contributed by atoms with Crippen LogP contribution in [0.1, 0.15) is 16.8 Å². The van der Waals surface area contributed by atoms with Crippen LogP contribution < -0.4 is 0 Å². The average Bonchev–Trinajstić information content (AvgIpc) is 2.69. The number of aromatic nitrogens is 4. The van der Waals surface area contributed by atoms with Gasteiger partial charge in [0.25, 0.3) is 0 Å². The van der Waals surface area contributed by atoms with Gasteiger partial charge in [0.15, 0.2) is 0 Å². The van der Waals surface area contributed by atoms with Crippen molar-refractivity contribution in [1.29, 1.82) is 0 Å². The van der Waals surface area contributed by atoms with Gasteiger partial charge in [-0.25, -0.2) is 4.98 Å². The highest BCUT2D eigenvalue weighted by molar-refractivity contribution is 5.64. The third-order valence-corrected chi connectivity index (χ3v) is 4.39. The van der Waals surface area contributed by atoms with Gasteiger partial charge in [0.05, 0.1) is 17.6 Å². The molecular formula is C21H18FN5. The summed E-state index contributed by atoms with van der Waals surface area (Å²) in [4.78, 5) is 19.0. The summed E-state index contributed by atoms with van der Waals surface area (Å²) in [6.07, 6.45) is 14.6. The second-order valence-corrected chi connectivity index (χ2v) is 6.33. The zero-order chi connectivity index (χ0) is 18.6. The van der Waals surface area contributed by atoms with Crippen LogP contribution in [0.3, 0.4) is 0 Å². The molecule has 0 N–H and O–H groups in total. The molecule has 0 amide bonds. The predicted molar refractivity (Wildman–Crippen MR) is 102 cm³/mol. The number of aryl methyl sites for hydroxylation is 1. The van der Waals surface area contributed by atoms with Crippen LogP contribution in [0.4, 0.5) is 4.39 Å². The van der Waals surface area contributed by atoms with Crippen LogP contribution in [-0.2, 0) is 6.54 Å². The minimum Gasteiger partial charge on any atom is -0.362 e. The second kappa shape index (κ2) is 7.45. The Morgan fingerprint density at radius 1 is 1.07 bits per heavy atom. The van der Waals surface area contributed by atoms with Crippen LogP contribution in [0, 0.1) is 12.9 Å². The van der Waals surface area contributed by atoms with E-state index in [0.29, 0.717) is 6.54 Å². The van der Waals surface area contributed by atoms with Crippen molar-refractivity contribution < 1.29 is 4.39 Å². The maximum absolute atomic E-state index is 13.4. The van der Waals surface area contributed by atoms with E-state index < -0.39 is 5.95 Å². The summed E-state index contributed by atoms with van der Waals surface area (Å²) in [5.41, 5.74) is 5.45. The van der Waals surface area contributed by atoms with Crippen molar-refractivity contribution in [1.82, 2.24) is 24.8 Å². The number of halogens is 1. The Hall–Kier alpha value is -3.41. The van der Waals surface area contributed by atoms with Crippen molar-refractivity contribution in [3.8, 4) is 11.3 Å². The summed E-state index contributed by atoms with van der Waals surface area (Å²) in [7, 11) is 0. The molecule has 4 heterocycles. The van der Waals surface area contributed by atoms with Crippen LogP contribution in [-0.4, -0.2) is 31.4 Å². The number of pyridine rings is 2. The number of hydrogen-bond donors (Lipinski definition) is 0. The SMILES string of the molecule is Cc1cc(CN2CC=CC=C2c2cnccn2)cnc1-c1ccnc(F)c1. The highest BCUT2D eigenvalue weighted by atomic mass is 19.1. The molecule has 0 radical (unpaired) electrons. The minimum atomic E-state index is -0.503. The summed E-state index contributed by atoms with van der Waals surface area (Å²) in [5.74, 6) is -0.503. The van der Waals surface area contributed by atoms with E-state index in [1.807, 2.05) is 25.3 Å². The Labute approximate surface area is 157 Å². The smallest absolute Gasteiger partial charge is 0.213 e. The summed E-state index contributed by atoms with van der Waals surface area (Å²) in [5, 5.41) is 0. The Kier molecular flexibility index (Phi) is 4.70. The molecule has 0 atom stereocenters. The first-order valence-corrected chi connectivity index (χ1v) is 8.66. The van der Waals surface area contributed by atoms with Gasteiger partial charge in [-0.1, -0.05) is 18.2 Å². The Bertz CT molecular complexity index is 1010. The van der Waals surface area contributed by atoms with E-state index in [4.69, 9.17) is 0 Å². The highest BCUT2D eigenvalue weighted by Crippen LogP contribution is 2.25. The Morgan fingerprint density at radius 3 is 2.78 bits per heavy atom. The minimum absolute atomic E-state index is 0.503. The van der Waals surface area contributed by atoms with Crippen molar-refractivity contribution >= 4 is 5.70 Å². The highest BCUT2D eigenvalue weighted by Gasteiger charge is 2.15. The summed E-state index contributed by atoms with van der Waals surface area (Å²) in [6.45, 7) is 3.48. The molecule has 5 nitrogen and oxygen atoms in total. The molecule has 0 fully saturated rings. The maximum Gasteiger partial charge on any atom is 0.213 e. The first-order valence-electron chi connectivity index (χ1n) is 8.66. The van der Waals surface area contributed by atoms with Gasteiger partial charge in [-0.2, -0.15) is 4.39 Å². The molecule has 0 unspecified atom stereocenters. The average molecular weight is 359 g/mol. The number of allylic oxidation sites excluding steroid dienone is 2. The maximum atomic E-state index is 13.4. The quantitative estimate of drug-likeness (QED) is 0.663. The Balaban J connectivity index is 1.59. The molecule has 4 rings (SSSR count). The van der Waals surface area contributed by atoms with Crippen LogP contribution in [0.25, 0.3) is 17.0 Å². The van der Waals surface area contributed by atoms with E-state index in [2.05, 4.69) is 37.0 Å². The van der Waals surface area contributed by atoms with Gasteiger partial charge in [0.2, 0.25) is 5.95 Å². The lowest BCUT2D eigenvalue weighted by Gasteiger charge is -2.28. The van der Waals surface area contributed by atoms with E-state index in [0.717, 1.165) is 40.3 Å². The lowest BCUT2D eigenvalue weighted by Crippen LogP contribution is -2.24. The molecule has 0 saturated carbocycles. The predicted octanol–water partition coefficient (Wildman–Crippen LogP) is 3.79. The van der Waals surface area contributed by atoms with E-state index in [-0.39, 0.29) is 0 Å². The largest absolute Gasteiger partial charge is 0.362 e. The van der Waals surface area contributed by atoms with Crippen LogP contribution >= 0.6 is 0 Å². The molecule has 6 heteroatoms. The number of nitrogens with zero attached hydrogens (tertiary/aromatic N) is 5. The van der Waals surface area contributed by atoms with Gasteiger partial charge in [-0.3, -0.25) is 15.0 Å². The fraction of sp³-hybridized carbons (Fsp3) is 0.143. The van der Waals surface area contributed by atoms with E-state index in [1.165, 1.54) is 12.3 Å². The van der Waals surface area contributed by atoms with Gasteiger partial charge in [-0.05, 0) is 30.2 Å². The molecule has 134 valence electrons. The lowest BCUT2D eigenvalue weighted by atomic mass is 10.1. The summed E-state index contributed by atoms with van der Waals surface area (Å²) < 4.78 is 13.4. The zero-order valence-electron chi connectivity index (χ0n) is 14.9. The lowest BCUT2D eigenvalue weighted by molar-refractivity contribution is 0.426. The topological polar surface area (TPSA) is 54.8 Å². The first-order chi connectivity index (χ1) is 13.2. The van der Waals surface area contributed by atoms with Crippen molar-refractivity contribution in [2.45, 2.75) is 13.5 Å². The van der Waals surface area contributed by atoms with Crippen LogP contribution in [0.15, 0.2) is 67.4 Å². The molecule has 1 aliphatic rings. The zero-order valence-corrected chi connectivity index (χ0v) is 14.9. The number of rotatable bonds is 4. The van der Waals surface area contributed by atoms with Crippen LogP contribution in [0.2, 0.25) is 0 Å². The summed E-state index contributed by atoms with van der Waals surface area (Å²) >= 11 is 0. The Morgan fingerprint density at radius 2 is 2.00 bits per heavy atom. The molecule has 0 aliphatic carbocycles. The summed E-state index contributed by atoms with van der Waals surface area (Å²) in [6, 6.07) is 5.26. The van der Waals surface area contributed by atoms with E-state index in [9.17, 15) is 4.39 Å². The van der Waals surface area contributed by atoms with Gasteiger partial charge in [0.1, 0.15) is 5.69 Å². The normalized spacial score (nSPS) is 13.6. The molecule has 3 aromatic heterocycles. The van der Waals surface area contributed by atoms with Gasteiger partial charge >= 0.3 is 0 Å². The fourth-order valence-corrected chi connectivity index (χ4v) is 3.17. The standard InChI is InChI=1S/C21H18FN5/c1-15-10-16(12-26-21(15)17-5-6-25-20(22)11-17)14-27-9-3-2-4-19(27)18-13-23-7-8-24-18/h2-8,10-13H,9,14H2,1H3. The van der Waals surface area contributed by atoms with Gasteiger partial charge in [-0.15, -0.1) is 0 Å². The van der Waals surface area contributed by atoms with Crippen molar-refractivity contribution in [2.24, 2.45) is 0 Å². The van der Waals surface area contributed by atoms with Gasteiger partial charge in [0, 0.05) is 49.5 Å². The van der Waals surface area contributed by atoms with E-state index >= 15 is 0 Å².